The van der Waals surface area contributed by atoms with Crippen LogP contribution in [0.1, 0.15) is 28.7 Å². The lowest BCUT2D eigenvalue weighted by molar-refractivity contribution is 0.0967. The first-order chi connectivity index (χ1) is 11.4. The van der Waals surface area contributed by atoms with Crippen LogP contribution >= 0.6 is 0 Å². The van der Waals surface area contributed by atoms with E-state index in [1.54, 1.807) is 31.2 Å². The van der Waals surface area contributed by atoms with Gasteiger partial charge in [0.05, 0.1) is 11.4 Å². The van der Waals surface area contributed by atoms with Gasteiger partial charge < -0.3 is 0 Å². The van der Waals surface area contributed by atoms with Crippen molar-refractivity contribution in [3.05, 3.63) is 41.5 Å². The van der Waals surface area contributed by atoms with E-state index in [4.69, 9.17) is 5.26 Å². The number of sulfonamides is 1. The van der Waals surface area contributed by atoms with Gasteiger partial charge in [0.2, 0.25) is 10.0 Å². The molecule has 0 fully saturated rings. The summed E-state index contributed by atoms with van der Waals surface area (Å²) in [5, 5.41) is 12.5. The van der Waals surface area contributed by atoms with Crippen LogP contribution in [-0.4, -0.2) is 41.3 Å². The van der Waals surface area contributed by atoms with Crippen LogP contribution < -0.4 is 4.31 Å². The van der Waals surface area contributed by atoms with Crippen LogP contribution in [-0.2, 0) is 23.0 Å². The molecule has 124 valence electrons. The zero-order chi connectivity index (χ0) is 17.3. The van der Waals surface area contributed by atoms with Gasteiger partial charge in [-0.2, -0.15) is 5.26 Å². The Morgan fingerprint density at radius 3 is 2.88 bits per heavy atom. The van der Waals surface area contributed by atoms with Gasteiger partial charge in [-0.05, 0) is 37.1 Å². The Balaban J connectivity index is 1.82. The van der Waals surface area contributed by atoms with Crippen LogP contribution in [0.3, 0.4) is 0 Å². The molecule has 0 bridgehead atoms. The minimum absolute atomic E-state index is 0.0113. The molecule has 9 heteroatoms. The first-order valence-corrected chi connectivity index (χ1v) is 9.01. The third kappa shape index (κ3) is 2.88. The summed E-state index contributed by atoms with van der Waals surface area (Å²) in [4.78, 5) is 16.1. The number of anilines is 1. The van der Waals surface area contributed by atoms with Crippen molar-refractivity contribution < 1.29 is 13.2 Å². The summed E-state index contributed by atoms with van der Waals surface area (Å²) in [6.45, 7) is 1.99. The number of carbonyl (C=O) groups excluding carboxylic acids is 1. The third-order valence-corrected chi connectivity index (χ3v) is 5.68. The van der Waals surface area contributed by atoms with Gasteiger partial charge in [-0.1, -0.05) is 0 Å². The summed E-state index contributed by atoms with van der Waals surface area (Å²) < 4.78 is 26.8. The van der Waals surface area contributed by atoms with E-state index in [0.29, 0.717) is 24.2 Å². The quantitative estimate of drug-likeness (QED) is 0.740. The predicted octanol–water partition coefficient (Wildman–Crippen LogP) is 0.745. The lowest BCUT2D eigenvalue weighted by Gasteiger charge is -2.18. The number of hydrogen-bond donors (Lipinski definition) is 0. The normalized spacial score (nSPS) is 13.6. The number of rotatable bonds is 5. The van der Waals surface area contributed by atoms with E-state index in [1.807, 2.05) is 0 Å². The Morgan fingerprint density at radius 1 is 1.42 bits per heavy atom. The number of aromatic nitrogens is 3. The van der Waals surface area contributed by atoms with Crippen molar-refractivity contribution in [1.29, 1.82) is 5.26 Å². The van der Waals surface area contributed by atoms with Gasteiger partial charge in [0.25, 0.3) is 5.82 Å². The maximum atomic E-state index is 12.3. The zero-order valence-electron chi connectivity index (χ0n) is 13.0. The second-order valence-corrected chi connectivity index (χ2v) is 7.55. The van der Waals surface area contributed by atoms with Gasteiger partial charge in [0.1, 0.15) is 18.9 Å². The maximum Gasteiger partial charge on any atom is 0.252 e. The van der Waals surface area contributed by atoms with Gasteiger partial charge in [0.15, 0.2) is 5.78 Å². The van der Waals surface area contributed by atoms with Crippen LogP contribution in [0.4, 0.5) is 5.69 Å². The lowest BCUT2D eigenvalue weighted by Crippen LogP contribution is -2.30. The second-order valence-electron chi connectivity index (χ2n) is 5.37. The summed E-state index contributed by atoms with van der Waals surface area (Å²) in [5.41, 5.74) is 1.97. The molecule has 2 heterocycles. The smallest absolute Gasteiger partial charge is 0.252 e. The minimum Gasteiger partial charge on any atom is -0.292 e. The minimum atomic E-state index is -3.30. The molecule has 0 radical (unpaired) electrons. The number of carbonyl (C=O) groups is 1. The fourth-order valence-corrected chi connectivity index (χ4v) is 3.81. The van der Waals surface area contributed by atoms with E-state index < -0.39 is 10.0 Å². The number of ketones is 1. The van der Waals surface area contributed by atoms with Crippen molar-refractivity contribution in [1.82, 2.24) is 14.8 Å². The van der Waals surface area contributed by atoms with Gasteiger partial charge in [-0.15, -0.1) is 5.10 Å². The molecule has 1 aliphatic heterocycles. The van der Waals surface area contributed by atoms with Crippen molar-refractivity contribution in [2.24, 2.45) is 0 Å². The van der Waals surface area contributed by atoms with E-state index >= 15 is 0 Å². The fourth-order valence-electron chi connectivity index (χ4n) is 2.65. The molecule has 0 saturated carbocycles. The van der Waals surface area contributed by atoms with Gasteiger partial charge >= 0.3 is 0 Å². The molecule has 3 rings (SSSR count). The average Bonchev–Trinajstić information content (AvgIpc) is 3.20. The van der Waals surface area contributed by atoms with E-state index in [1.165, 1.54) is 15.3 Å². The molecule has 0 unspecified atom stereocenters. The van der Waals surface area contributed by atoms with Gasteiger partial charge in [-0.25, -0.2) is 18.1 Å². The molecule has 0 amide bonds. The molecular formula is C15H15N5O3S. The largest absolute Gasteiger partial charge is 0.292 e. The third-order valence-electron chi connectivity index (χ3n) is 3.90. The topological polar surface area (TPSA) is 109 Å². The second kappa shape index (κ2) is 6.05. The highest BCUT2D eigenvalue weighted by Crippen LogP contribution is 2.31. The van der Waals surface area contributed by atoms with E-state index in [-0.39, 0.29) is 23.9 Å². The summed E-state index contributed by atoms with van der Waals surface area (Å²) in [6, 6.07) is 6.82. The van der Waals surface area contributed by atoms with Crippen molar-refractivity contribution in [3.8, 4) is 6.07 Å². The summed E-state index contributed by atoms with van der Waals surface area (Å²) in [5.74, 6) is -0.123. The molecule has 8 nitrogen and oxygen atoms in total. The van der Waals surface area contributed by atoms with E-state index in [9.17, 15) is 13.2 Å². The number of Topliss-reactive ketones (excluding diaryl/α,β-unsaturated/α-hetero) is 1. The van der Waals surface area contributed by atoms with Gasteiger partial charge in [0, 0.05) is 12.1 Å². The van der Waals surface area contributed by atoms with Gasteiger partial charge in [-0.3, -0.25) is 9.10 Å². The lowest BCUT2D eigenvalue weighted by atomic mass is 10.1. The van der Waals surface area contributed by atoms with Crippen molar-refractivity contribution in [3.63, 3.8) is 0 Å². The first kappa shape index (κ1) is 16.1. The molecule has 1 aromatic heterocycles. The highest BCUT2D eigenvalue weighted by atomic mass is 32.2. The molecule has 24 heavy (non-hydrogen) atoms. The Kier molecular flexibility index (Phi) is 4.07. The van der Waals surface area contributed by atoms with E-state index in [0.717, 1.165) is 5.56 Å². The highest BCUT2D eigenvalue weighted by molar-refractivity contribution is 7.92. The Morgan fingerprint density at radius 2 is 2.21 bits per heavy atom. The number of hydrogen-bond acceptors (Lipinski definition) is 6. The molecule has 0 saturated heterocycles. The number of benzene rings is 1. The average molecular weight is 345 g/mol. The van der Waals surface area contributed by atoms with Crippen molar-refractivity contribution in [2.75, 3.05) is 16.6 Å². The summed E-state index contributed by atoms with van der Waals surface area (Å²) in [6.07, 6.45) is 1.91. The molecule has 1 aliphatic rings. The molecular weight excluding hydrogens is 330 g/mol. The Hall–Kier alpha value is -2.73. The standard InChI is InChI=1S/C15H15N5O3S/c1-2-24(22,23)20-6-5-11-7-12(3-4-13(11)20)14(21)9-19-10-17-15(8-16)18-19/h3-4,7,10H,2,5-6,9H2,1H3. The molecule has 0 atom stereocenters. The van der Waals surface area contributed by atoms with Crippen LogP contribution in [0.15, 0.2) is 24.5 Å². The number of fused-ring (bicyclic) bond motifs is 1. The van der Waals surface area contributed by atoms with Crippen molar-refractivity contribution >= 4 is 21.5 Å². The Labute approximate surface area is 139 Å². The molecule has 2 aromatic rings. The highest BCUT2D eigenvalue weighted by Gasteiger charge is 2.28. The van der Waals surface area contributed by atoms with E-state index in [2.05, 4.69) is 10.1 Å². The fraction of sp³-hybridized carbons (Fsp3) is 0.333. The summed E-state index contributed by atoms with van der Waals surface area (Å²) >= 11 is 0. The van der Waals surface area contributed by atoms with Crippen molar-refractivity contribution in [2.45, 2.75) is 19.9 Å². The molecule has 0 N–H and O–H groups in total. The van der Waals surface area contributed by atoms with Crippen LogP contribution in [0.5, 0.6) is 0 Å². The SMILES string of the molecule is CCS(=O)(=O)N1CCc2cc(C(=O)Cn3cnc(C#N)n3)ccc21. The monoisotopic (exact) mass is 345 g/mol. The molecule has 1 aromatic carbocycles. The predicted molar refractivity (Wildman–Crippen MR) is 86.0 cm³/mol. The first-order valence-electron chi connectivity index (χ1n) is 7.40. The van der Waals surface area contributed by atoms with Crippen LogP contribution in [0, 0.1) is 11.3 Å². The zero-order valence-corrected chi connectivity index (χ0v) is 13.8. The van der Waals surface area contributed by atoms with Crippen LogP contribution in [0.25, 0.3) is 0 Å². The number of nitriles is 1. The number of nitrogens with zero attached hydrogens (tertiary/aromatic N) is 5. The van der Waals surface area contributed by atoms with Crippen LogP contribution in [0.2, 0.25) is 0 Å². The maximum absolute atomic E-state index is 12.3. The molecule has 0 spiro atoms. The molecule has 0 aliphatic carbocycles. The summed E-state index contributed by atoms with van der Waals surface area (Å²) in [7, 11) is -3.30. The Bertz CT molecular complexity index is 942.